The molecule has 0 spiro atoms. The molecule has 0 aliphatic carbocycles. The van der Waals surface area contributed by atoms with Crippen molar-refractivity contribution in [2.24, 2.45) is 0 Å². The quantitative estimate of drug-likeness (QED) is 0.717. The Kier molecular flexibility index (Phi) is 5.35. The van der Waals surface area contributed by atoms with Crippen molar-refractivity contribution >= 4 is 23.6 Å². The van der Waals surface area contributed by atoms with Gasteiger partial charge in [0.25, 0.3) is 23.6 Å². The average Bonchev–Trinajstić information content (AvgIpc) is 3.03. The first-order valence-electron chi connectivity index (χ1n) is 10.4. The molecule has 0 bridgehead atoms. The fraction of sp³-hybridized carbons (Fsp3) is 0.333. The van der Waals surface area contributed by atoms with Gasteiger partial charge in [-0.2, -0.15) is 0 Å². The first kappa shape index (κ1) is 20.8. The molecule has 1 saturated heterocycles. The predicted octanol–water partition coefficient (Wildman–Crippen LogP) is 2.60. The van der Waals surface area contributed by atoms with E-state index in [2.05, 4.69) is 0 Å². The summed E-state index contributed by atoms with van der Waals surface area (Å²) in [6.45, 7) is 7.26. The number of piperazine rings is 1. The number of imide groups is 1. The van der Waals surface area contributed by atoms with Gasteiger partial charge in [-0.3, -0.25) is 24.1 Å². The topological polar surface area (TPSA) is 78.0 Å². The number of benzene rings is 2. The Bertz CT molecular complexity index is 1070. The minimum atomic E-state index is -0.363. The number of rotatable bonds is 3. The molecule has 0 unspecified atom stereocenters. The fourth-order valence-electron chi connectivity index (χ4n) is 4.04. The Balaban J connectivity index is 1.44. The van der Waals surface area contributed by atoms with Crippen molar-refractivity contribution in [1.29, 1.82) is 0 Å². The summed E-state index contributed by atoms with van der Waals surface area (Å²) in [6.07, 6.45) is 0. The van der Waals surface area contributed by atoms with Crippen LogP contribution in [0, 0.1) is 6.92 Å². The Morgan fingerprint density at radius 2 is 1.23 bits per heavy atom. The summed E-state index contributed by atoms with van der Waals surface area (Å²) >= 11 is 0. The van der Waals surface area contributed by atoms with Gasteiger partial charge in [0, 0.05) is 43.3 Å². The lowest BCUT2D eigenvalue weighted by Crippen LogP contribution is -2.50. The summed E-state index contributed by atoms with van der Waals surface area (Å²) in [5, 5.41) is 0. The fourth-order valence-corrected chi connectivity index (χ4v) is 4.04. The second-order valence-corrected chi connectivity index (χ2v) is 8.28. The lowest BCUT2D eigenvalue weighted by Gasteiger charge is -2.35. The molecule has 2 aliphatic rings. The monoisotopic (exact) mass is 419 g/mol. The average molecular weight is 419 g/mol. The zero-order valence-corrected chi connectivity index (χ0v) is 17.9. The molecule has 4 amide bonds. The number of hydrogen-bond acceptors (Lipinski definition) is 4. The highest BCUT2D eigenvalue weighted by atomic mass is 16.2. The molecule has 2 aliphatic heterocycles. The standard InChI is InChI=1S/C24H25N3O4/c1-15(2)27-23(30)19-9-8-18(14-20(19)24(27)31)22(29)26-12-10-25(11-13-26)21(28)17-6-4-16(3)5-7-17/h4-9,14-15H,10-13H2,1-3H3. The second kappa shape index (κ2) is 7.98. The molecule has 7 nitrogen and oxygen atoms in total. The van der Waals surface area contributed by atoms with Crippen LogP contribution in [0.5, 0.6) is 0 Å². The van der Waals surface area contributed by atoms with Crippen molar-refractivity contribution in [3.8, 4) is 0 Å². The van der Waals surface area contributed by atoms with Crippen LogP contribution >= 0.6 is 0 Å². The van der Waals surface area contributed by atoms with Gasteiger partial charge < -0.3 is 9.80 Å². The van der Waals surface area contributed by atoms with E-state index in [4.69, 9.17) is 0 Å². The minimum absolute atomic E-state index is 0.0393. The van der Waals surface area contributed by atoms with Crippen molar-refractivity contribution in [1.82, 2.24) is 14.7 Å². The maximum Gasteiger partial charge on any atom is 0.261 e. The van der Waals surface area contributed by atoms with Gasteiger partial charge in [-0.25, -0.2) is 0 Å². The number of fused-ring (bicyclic) bond motifs is 1. The van der Waals surface area contributed by atoms with E-state index in [0.717, 1.165) is 5.56 Å². The van der Waals surface area contributed by atoms with Gasteiger partial charge in [0.15, 0.2) is 0 Å². The van der Waals surface area contributed by atoms with Crippen molar-refractivity contribution in [2.45, 2.75) is 26.8 Å². The molecule has 4 rings (SSSR count). The highest BCUT2D eigenvalue weighted by Crippen LogP contribution is 2.26. The molecule has 0 atom stereocenters. The van der Waals surface area contributed by atoms with Gasteiger partial charge in [0.2, 0.25) is 0 Å². The summed E-state index contributed by atoms with van der Waals surface area (Å²) in [7, 11) is 0. The highest BCUT2D eigenvalue weighted by molar-refractivity contribution is 6.22. The number of carbonyl (C=O) groups is 4. The molecular formula is C24H25N3O4. The summed E-state index contributed by atoms with van der Waals surface area (Å²) in [5.74, 6) is -0.925. The molecule has 1 fully saturated rings. The van der Waals surface area contributed by atoms with E-state index in [1.165, 1.54) is 11.0 Å². The Morgan fingerprint density at radius 1 is 0.742 bits per heavy atom. The van der Waals surface area contributed by atoms with Gasteiger partial charge in [-0.05, 0) is 51.1 Å². The van der Waals surface area contributed by atoms with Crippen LogP contribution in [0.1, 0.15) is 60.8 Å². The van der Waals surface area contributed by atoms with E-state index in [1.54, 1.807) is 35.8 Å². The zero-order chi connectivity index (χ0) is 22.3. The van der Waals surface area contributed by atoms with E-state index in [-0.39, 0.29) is 35.2 Å². The molecule has 0 N–H and O–H groups in total. The Labute approximate surface area is 181 Å². The van der Waals surface area contributed by atoms with Gasteiger partial charge in [-0.1, -0.05) is 17.7 Å². The van der Waals surface area contributed by atoms with E-state index in [9.17, 15) is 19.2 Å². The molecule has 2 heterocycles. The molecule has 2 aromatic rings. The first-order valence-corrected chi connectivity index (χ1v) is 10.4. The molecule has 0 radical (unpaired) electrons. The molecule has 0 aromatic heterocycles. The maximum absolute atomic E-state index is 13.0. The number of nitrogens with zero attached hydrogens (tertiary/aromatic N) is 3. The third kappa shape index (κ3) is 3.71. The van der Waals surface area contributed by atoms with Crippen LogP contribution < -0.4 is 0 Å². The summed E-state index contributed by atoms with van der Waals surface area (Å²) < 4.78 is 0. The van der Waals surface area contributed by atoms with E-state index in [1.807, 2.05) is 31.2 Å². The molecule has 7 heteroatoms. The lowest BCUT2D eigenvalue weighted by molar-refractivity contribution is 0.0535. The van der Waals surface area contributed by atoms with Crippen LogP contribution in [0.2, 0.25) is 0 Å². The van der Waals surface area contributed by atoms with Crippen LogP contribution in [0.25, 0.3) is 0 Å². The van der Waals surface area contributed by atoms with E-state index >= 15 is 0 Å². The number of amides is 4. The molecule has 31 heavy (non-hydrogen) atoms. The normalized spacial score (nSPS) is 16.2. The first-order chi connectivity index (χ1) is 14.8. The molecule has 160 valence electrons. The SMILES string of the molecule is Cc1ccc(C(=O)N2CCN(C(=O)c3ccc4c(c3)C(=O)N(C(C)C)C4=O)CC2)cc1. The largest absolute Gasteiger partial charge is 0.335 e. The van der Waals surface area contributed by atoms with E-state index < -0.39 is 0 Å². The van der Waals surface area contributed by atoms with Crippen LogP contribution in [0.15, 0.2) is 42.5 Å². The zero-order valence-electron chi connectivity index (χ0n) is 17.9. The van der Waals surface area contributed by atoms with Crippen molar-refractivity contribution in [3.05, 3.63) is 70.3 Å². The number of carbonyl (C=O) groups excluding carboxylic acids is 4. The summed E-state index contributed by atoms with van der Waals surface area (Å²) in [6, 6.07) is 11.9. The van der Waals surface area contributed by atoms with Crippen LogP contribution in [0.4, 0.5) is 0 Å². The number of aryl methyl sites for hydroxylation is 1. The van der Waals surface area contributed by atoms with Crippen LogP contribution in [0.3, 0.4) is 0 Å². The van der Waals surface area contributed by atoms with Gasteiger partial charge in [0.05, 0.1) is 11.1 Å². The summed E-state index contributed by atoms with van der Waals surface area (Å²) in [4.78, 5) is 55.4. The summed E-state index contributed by atoms with van der Waals surface area (Å²) in [5.41, 5.74) is 2.73. The highest BCUT2D eigenvalue weighted by Gasteiger charge is 2.38. The van der Waals surface area contributed by atoms with E-state index in [0.29, 0.717) is 42.9 Å². The third-order valence-corrected chi connectivity index (χ3v) is 5.83. The van der Waals surface area contributed by atoms with Crippen LogP contribution in [-0.2, 0) is 0 Å². The van der Waals surface area contributed by atoms with Gasteiger partial charge in [0.1, 0.15) is 0 Å². The molecule has 0 saturated carbocycles. The second-order valence-electron chi connectivity index (χ2n) is 8.28. The van der Waals surface area contributed by atoms with Crippen molar-refractivity contribution in [3.63, 3.8) is 0 Å². The van der Waals surface area contributed by atoms with Gasteiger partial charge >= 0.3 is 0 Å². The Hall–Kier alpha value is -3.48. The molecular weight excluding hydrogens is 394 g/mol. The van der Waals surface area contributed by atoms with Crippen molar-refractivity contribution in [2.75, 3.05) is 26.2 Å². The number of hydrogen-bond donors (Lipinski definition) is 0. The molecule has 2 aromatic carbocycles. The van der Waals surface area contributed by atoms with Crippen LogP contribution in [-0.4, -0.2) is 70.5 Å². The lowest BCUT2D eigenvalue weighted by atomic mass is 10.0. The third-order valence-electron chi connectivity index (χ3n) is 5.83. The minimum Gasteiger partial charge on any atom is -0.335 e. The Morgan fingerprint density at radius 3 is 1.77 bits per heavy atom. The predicted molar refractivity (Wildman–Crippen MR) is 115 cm³/mol. The maximum atomic E-state index is 13.0. The van der Waals surface area contributed by atoms with Gasteiger partial charge in [-0.15, -0.1) is 0 Å². The van der Waals surface area contributed by atoms with Crippen molar-refractivity contribution < 1.29 is 19.2 Å². The smallest absolute Gasteiger partial charge is 0.261 e.